The summed E-state index contributed by atoms with van der Waals surface area (Å²) >= 11 is 0. The molecule has 1 aliphatic carbocycles. The van der Waals surface area contributed by atoms with Gasteiger partial charge in [-0.2, -0.15) is 0 Å². The molecule has 6 heteroatoms. The van der Waals surface area contributed by atoms with Crippen molar-refractivity contribution in [2.75, 3.05) is 0 Å². The lowest BCUT2D eigenvalue weighted by molar-refractivity contribution is 0.135. The summed E-state index contributed by atoms with van der Waals surface area (Å²) in [5.41, 5.74) is 4.88. The van der Waals surface area contributed by atoms with Crippen molar-refractivity contribution in [2.45, 2.75) is 58.6 Å². The summed E-state index contributed by atoms with van der Waals surface area (Å²) in [6.45, 7) is 7.06. The van der Waals surface area contributed by atoms with E-state index in [4.69, 9.17) is 4.74 Å². The predicted octanol–water partition coefficient (Wildman–Crippen LogP) is 6.22. The van der Waals surface area contributed by atoms with E-state index in [1.54, 1.807) is 6.20 Å². The monoisotopic (exact) mass is 453 g/mol. The van der Waals surface area contributed by atoms with Gasteiger partial charge in [-0.3, -0.25) is 4.98 Å². The van der Waals surface area contributed by atoms with Gasteiger partial charge in [-0.1, -0.05) is 55.8 Å². The fourth-order valence-electron chi connectivity index (χ4n) is 4.97. The summed E-state index contributed by atoms with van der Waals surface area (Å²) in [7, 11) is 0. The zero-order valence-corrected chi connectivity index (χ0v) is 20.1. The molecule has 6 nitrogen and oxygen atoms in total. The molecule has 0 saturated heterocycles. The average Bonchev–Trinajstić information content (AvgIpc) is 3.34. The predicted molar refractivity (Wildman–Crippen MR) is 132 cm³/mol. The van der Waals surface area contributed by atoms with Crippen LogP contribution in [0.1, 0.15) is 68.8 Å². The largest absolute Gasteiger partial charge is 0.487 e. The van der Waals surface area contributed by atoms with E-state index in [2.05, 4.69) is 89.8 Å². The van der Waals surface area contributed by atoms with Crippen LogP contribution in [0.4, 0.5) is 0 Å². The fourth-order valence-corrected chi connectivity index (χ4v) is 4.97. The maximum absolute atomic E-state index is 5.96. The normalized spacial score (nSPS) is 15.6. The van der Waals surface area contributed by atoms with Gasteiger partial charge in [0.25, 0.3) is 0 Å². The van der Waals surface area contributed by atoms with Gasteiger partial charge in [0.15, 0.2) is 5.82 Å². The van der Waals surface area contributed by atoms with Gasteiger partial charge in [0.2, 0.25) is 0 Å². The Kier molecular flexibility index (Phi) is 6.14. The zero-order chi connectivity index (χ0) is 23.5. The van der Waals surface area contributed by atoms with Crippen LogP contribution in [0.3, 0.4) is 0 Å². The van der Waals surface area contributed by atoms with Gasteiger partial charge in [0.1, 0.15) is 12.4 Å². The van der Waals surface area contributed by atoms with Crippen molar-refractivity contribution in [1.82, 2.24) is 25.2 Å². The van der Waals surface area contributed by atoms with Crippen LogP contribution in [0.25, 0.3) is 11.4 Å². The van der Waals surface area contributed by atoms with Crippen molar-refractivity contribution >= 4 is 0 Å². The van der Waals surface area contributed by atoms with Gasteiger partial charge < -0.3 is 4.74 Å². The van der Waals surface area contributed by atoms with Gasteiger partial charge in [-0.05, 0) is 77.9 Å². The van der Waals surface area contributed by atoms with Crippen molar-refractivity contribution in [1.29, 1.82) is 0 Å². The lowest BCUT2D eigenvalue weighted by atomic mass is 9.59. The highest BCUT2D eigenvalue weighted by Gasteiger charge is 2.41. The number of rotatable bonds is 8. The highest BCUT2D eigenvalue weighted by molar-refractivity contribution is 5.56. The summed E-state index contributed by atoms with van der Waals surface area (Å²) in [5.74, 6) is 2.01. The molecular weight excluding hydrogens is 422 g/mol. The second-order valence-corrected chi connectivity index (χ2v) is 9.78. The van der Waals surface area contributed by atoms with Gasteiger partial charge in [-0.15, -0.1) is 5.10 Å². The summed E-state index contributed by atoms with van der Waals surface area (Å²) in [4.78, 5) is 4.33. The minimum atomic E-state index is 0.213. The maximum Gasteiger partial charge on any atom is 0.182 e. The Bertz CT molecular complexity index is 1210. The molecule has 4 aromatic rings. The molecule has 174 valence electrons. The summed E-state index contributed by atoms with van der Waals surface area (Å²) in [6.07, 6.45) is 5.56. The first-order chi connectivity index (χ1) is 16.5. The van der Waals surface area contributed by atoms with E-state index in [9.17, 15) is 0 Å². The molecule has 0 aliphatic heterocycles. The van der Waals surface area contributed by atoms with Gasteiger partial charge >= 0.3 is 0 Å². The molecule has 0 amide bonds. The molecule has 5 rings (SSSR count). The number of pyridine rings is 1. The first-order valence-electron chi connectivity index (χ1n) is 12.0. The molecule has 1 unspecified atom stereocenters. The first kappa shape index (κ1) is 22.3. The van der Waals surface area contributed by atoms with E-state index in [1.165, 1.54) is 30.4 Å². The minimum Gasteiger partial charge on any atom is -0.487 e. The van der Waals surface area contributed by atoms with Gasteiger partial charge in [-0.25, -0.2) is 4.68 Å². The quantitative estimate of drug-likeness (QED) is 0.317. The lowest BCUT2D eigenvalue weighted by Crippen LogP contribution is -2.33. The smallest absolute Gasteiger partial charge is 0.182 e. The summed E-state index contributed by atoms with van der Waals surface area (Å²) < 4.78 is 7.83. The van der Waals surface area contributed by atoms with E-state index >= 15 is 0 Å². The average molecular weight is 454 g/mol. The molecule has 1 atom stereocenters. The van der Waals surface area contributed by atoms with Crippen molar-refractivity contribution in [3.05, 3.63) is 89.7 Å². The van der Waals surface area contributed by atoms with Crippen molar-refractivity contribution in [2.24, 2.45) is 5.41 Å². The molecule has 0 radical (unpaired) electrons. The summed E-state index contributed by atoms with van der Waals surface area (Å²) in [5, 5.41) is 12.3. The first-order valence-corrected chi connectivity index (χ1v) is 12.0. The third-order valence-electron chi connectivity index (χ3n) is 7.00. The van der Waals surface area contributed by atoms with Crippen LogP contribution >= 0.6 is 0 Å². The Morgan fingerprint density at radius 3 is 2.24 bits per heavy atom. The highest BCUT2D eigenvalue weighted by Crippen LogP contribution is 2.54. The zero-order valence-electron chi connectivity index (χ0n) is 20.1. The summed E-state index contributed by atoms with van der Waals surface area (Å²) in [6, 6.07) is 23.5. The van der Waals surface area contributed by atoms with Crippen LogP contribution in [-0.4, -0.2) is 25.2 Å². The second-order valence-electron chi connectivity index (χ2n) is 9.78. The molecule has 1 fully saturated rings. The van der Waals surface area contributed by atoms with E-state index in [0.29, 0.717) is 12.5 Å². The number of nitrogens with zero attached hydrogens (tertiary/aromatic N) is 5. The van der Waals surface area contributed by atoms with E-state index < -0.39 is 0 Å². The van der Waals surface area contributed by atoms with E-state index in [1.807, 2.05) is 22.9 Å². The van der Waals surface area contributed by atoms with Crippen LogP contribution in [0.15, 0.2) is 72.9 Å². The molecule has 1 saturated carbocycles. The van der Waals surface area contributed by atoms with E-state index in [0.717, 1.165) is 22.8 Å². The molecule has 0 bridgehead atoms. The molecule has 0 spiro atoms. The minimum absolute atomic E-state index is 0.213. The number of hydrogen-bond acceptors (Lipinski definition) is 5. The molecule has 2 heterocycles. The van der Waals surface area contributed by atoms with Crippen molar-refractivity contribution in [3.63, 3.8) is 0 Å². The van der Waals surface area contributed by atoms with Crippen molar-refractivity contribution < 1.29 is 4.74 Å². The Balaban J connectivity index is 1.38. The Morgan fingerprint density at radius 2 is 1.65 bits per heavy atom. The number of ether oxygens (including phenoxy) is 1. The van der Waals surface area contributed by atoms with Crippen molar-refractivity contribution in [3.8, 4) is 17.1 Å². The second kappa shape index (κ2) is 9.37. The topological polar surface area (TPSA) is 65.7 Å². The highest BCUT2D eigenvalue weighted by atomic mass is 16.5. The Hall–Kier alpha value is -3.54. The molecule has 2 aromatic heterocycles. The Morgan fingerprint density at radius 1 is 0.941 bits per heavy atom. The molecule has 2 aromatic carbocycles. The molecule has 34 heavy (non-hydrogen) atoms. The maximum atomic E-state index is 5.96. The standard InChI is InChI=1S/C28H31N5O/c1-20(2)33-27(30-31-32-33)23-10-8-21(9-11-23)26(28(3)16-6-17-28)22-12-14-25(15-13-22)34-19-24-7-4-5-18-29-24/h4-5,7-15,18,20,26H,6,16-17,19H2,1-3H3. The number of aromatic nitrogens is 5. The van der Waals surface area contributed by atoms with Gasteiger partial charge in [0.05, 0.1) is 11.7 Å². The van der Waals surface area contributed by atoms with Crippen LogP contribution in [-0.2, 0) is 6.61 Å². The third-order valence-corrected chi connectivity index (χ3v) is 7.00. The van der Waals surface area contributed by atoms with E-state index in [-0.39, 0.29) is 11.5 Å². The van der Waals surface area contributed by atoms with Crippen LogP contribution in [0.5, 0.6) is 5.75 Å². The van der Waals surface area contributed by atoms with Crippen LogP contribution in [0.2, 0.25) is 0 Å². The number of tetrazole rings is 1. The number of benzene rings is 2. The SMILES string of the molecule is CC(C)n1nnnc1-c1ccc(C(c2ccc(OCc3ccccn3)cc2)C2(C)CCC2)cc1. The lowest BCUT2D eigenvalue weighted by Gasteiger charge is -2.46. The van der Waals surface area contributed by atoms with Gasteiger partial charge in [0, 0.05) is 17.7 Å². The Labute approximate surface area is 201 Å². The molecular formula is C28H31N5O. The van der Waals surface area contributed by atoms with Crippen LogP contribution in [0, 0.1) is 5.41 Å². The third kappa shape index (κ3) is 4.45. The number of hydrogen-bond donors (Lipinski definition) is 0. The fraction of sp³-hybridized carbons (Fsp3) is 0.357. The molecule has 0 N–H and O–H groups in total. The van der Waals surface area contributed by atoms with Crippen LogP contribution < -0.4 is 4.74 Å². The molecule has 1 aliphatic rings.